The lowest BCUT2D eigenvalue weighted by Crippen LogP contribution is -2.37. The number of aliphatic hydroxyl groups is 1. The maximum Gasteiger partial charge on any atom is 0.420 e. The van der Waals surface area contributed by atoms with Gasteiger partial charge in [0.1, 0.15) is 11.3 Å². The Kier molecular flexibility index (Phi) is 7.42. The van der Waals surface area contributed by atoms with Crippen molar-refractivity contribution in [3.63, 3.8) is 0 Å². The van der Waals surface area contributed by atoms with Crippen molar-refractivity contribution in [2.24, 2.45) is 17.8 Å². The van der Waals surface area contributed by atoms with E-state index in [9.17, 15) is 31.4 Å². The van der Waals surface area contributed by atoms with Crippen LogP contribution in [0.4, 0.5) is 26.3 Å². The minimum Gasteiger partial charge on any atom is -0.496 e. The first-order valence-corrected chi connectivity index (χ1v) is 11.5. The zero-order chi connectivity index (χ0) is 23.7. The molecule has 2 aliphatic rings. The van der Waals surface area contributed by atoms with Gasteiger partial charge in [0.15, 0.2) is 0 Å². The fourth-order valence-corrected chi connectivity index (χ4v) is 5.93. The second-order valence-electron chi connectivity index (χ2n) is 9.50. The molecule has 1 N–H and O–H groups in total. The van der Waals surface area contributed by atoms with Crippen molar-refractivity contribution in [3.05, 3.63) is 28.8 Å². The highest BCUT2D eigenvalue weighted by Gasteiger charge is 2.51. The topological polar surface area (TPSA) is 29.5 Å². The maximum absolute atomic E-state index is 13.9. The van der Waals surface area contributed by atoms with Crippen LogP contribution in [0.15, 0.2) is 12.1 Å². The van der Waals surface area contributed by atoms with Gasteiger partial charge >= 0.3 is 12.4 Å². The van der Waals surface area contributed by atoms with E-state index in [2.05, 4.69) is 11.7 Å². The van der Waals surface area contributed by atoms with E-state index in [-0.39, 0.29) is 12.8 Å². The molecule has 0 aliphatic heterocycles. The second-order valence-corrected chi connectivity index (χ2v) is 9.50. The Morgan fingerprint density at radius 2 is 1.41 bits per heavy atom. The summed E-state index contributed by atoms with van der Waals surface area (Å²) in [4.78, 5) is 0. The maximum atomic E-state index is 13.9. The summed E-state index contributed by atoms with van der Waals surface area (Å²) in [5, 5.41) is 11.2. The minimum absolute atomic E-state index is 0.0270. The van der Waals surface area contributed by atoms with Crippen molar-refractivity contribution in [1.29, 1.82) is 0 Å². The molecule has 1 aromatic carbocycles. The summed E-state index contributed by atoms with van der Waals surface area (Å²) in [5.41, 5.74) is -6.32. The van der Waals surface area contributed by atoms with Crippen molar-refractivity contribution in [1.82, 2.24) is 0 Å². The number of halogens is 6. The number of benzene rings is 1. The molecule has 0 heterocycles. The van der Waals surface area contributed by atoms with Gasteiger partial charge in [0, 0.05) is 0 Å². The average molecular weight is 467 g/mol. The molecule has 32 heavy (non-hydrogen) atoms. The molecule has 0 atom stereocenters. The van der Waals surface area contributed by atoms with Crippen LogP contribution < -0.4 is 4.74 Å². The Bertz CT molecular complexity index is 770. The Balaban J connectivity index is 1.85. The fourth-order valence-electron chi connectivity index (χ4n) is 5.93. The molecule has 0 radical (unpaired) electrons. The van der Waals surface area contributed by atoms with Crippen LogP contribution in [-0.2, 0) is 18.0 Å². The summed E-state index contributed by atoms with van der Waals surface area (Å²) in [5.74, 6) is 0.629. The molecule has 0 unspecified atom stereocenters. The third-order valence-electron chi connectivity index (χ3n) is 7.57. The van der Waals surface area contributed by atoms with Gasteiger partial charge in [-0.15, -0.1) is 0 Å². The van der Waals surface area contributed by atoms with Crippen LogP contribution in [-0.4, -0.2) is 12.2 Å². The van der Waals surface area contributed by atoms with E-state index >= 15 is 0 Å². The lowest BCUT2D eigenvalue weighted by molar-refractivity contribution is -0.165. The first kappa shape index (κ1) is 25.2. The first-order chi connectivity index (χ1) is 14.9. The van der Waals surface area contributed by atoms with Crippen molar-refractivity contribution >= 4 is 0 Å². The molecule has 0 aromatic heterocycles. The van der Waals surface area contributed by atoms with Crippen LogP contribution >= 0.6 is 0 Å². The summed E-state index contributed by atoms with van der Waals surface area (Å²) >= 11 is 0. The zero-order valence-corrected chi connectivity index (χ0v) is 18.6. The number of rotatable bonds is 5. The predicted molar refractivity (Wildman–Crippen MR) is 109 cm³/mol. The predicted octanol–water partition coefficient (Wildman–Crippen LogP) is 7.72. The van der Waals surface area contributed by atoms with Crippen LogP contribution in [0.1, 0.15) is 87.8 Å². The SMILES string of the molecule is CCCC1CCC(C2CCC(O)(c3ccc(OC)c(C(F)(F)F)c3C(F)(F)F)CC2)CC1. The van der Waals surface area contributed by atoms with Gasteiger partial charge in [-0.1, -0.05) is 38.7 Å². The van der Waals surface area contributed by atoms with E-state index < -0.39 is 40.4 Å². The molecule has 0 spiro atoms. The van der Waals surface area contributed by atoms with Crippen molar-refractivity contribution in [3.8, 4) is 5.75 Å². The normalized spacial score (nSPS) is 29.7. The van der Waals surface area contributed by atoms with Crippen molar-refractivity contribution in [2.45, 2.75) is 89.1 Å². The largest absolute Gasteiger partial charge is 0.496 e. The van der Waals surface area contributed by atoms with E-state index in [4.69, 9.17) is 0 Å². The summed E-state index contributed by atoms with van der Waals surface area (Å²) in [6.45, 7) is 2.17. The monoisotopic (exact) mass is 466 g/mol. The number of ether oxygens (including phenoxy) is 1. The Morgan fingerprint density at radius 3 is 1.88 bits per heavy atom. The van der Waals surface area contributed by atoms with E-state index in [1.165, 1.54) is 6.42 Å². The van der Waals surface area contributed by atoms with Gasteiger partial charge in [-0.05, 0) is 67.9 Å². The third-order valence-corrected chi connectivity index (χ3v) is 7.57. The highest BCUT2D eigenvalue weighted by molar-refractivity contribution is 5.50. The van der Waals surface area contributed by atoms with Crippen molar-refractivity contribution < 1.29 is 36.2 Å². The first-order valence-electron chi connectivity index (χ1n) is 11.5. The van der Waals surface area contributed by atoms with Gasteiger partial charge in [0.05, 0.1) is 18.3 Å². The van der Waals surface area contributed by atoms with Crippen LogP contribution in [0.25, 0.3) is 0 Å². The number of alkyl halides is 6. The summed E-state index contributed by atoms with van der Waals surface area (Å²) in [6, 6.07) is 1.83. The molecule has 3 rings (SSSR count). The van der Waals surface area contributed by atoms with E-state index in [1.807, 2.05) is 0 Å². The lowest BCUT2D eigenvalue weighted by Gasteiger charge is -2.42. The summed E-state index contributed by atoms with van der Waals surface area (Å²) < 4.78 is 87.1. The van der Waals surface area contributed by atoms with E-state index in [0.29, 0.717) is 24.7 Å². The molecule has 1 aromatic rings. The zero-order valence-electron chi connectivity index (χ0n) is 18.6. The number of hydrogen-bond donors (Lipinski definition) is 1. The molecular weight excluding hydrogens is 434 g/mol. The lowest BCUT2D eigenvalue weighted by atomic mass is 9.66. The standard InChI is InChI=1S/C24H32F6O2/c1-3-4-15-5-7-16(8-6-15)17-11-13-22(31,14-12-17)18-9-10-19(32-2)21(24(28,29)30)20(18)23(25,26)27/h9-10,15-17,31H,3-8,11-14H2,1-2H3. The third kappa shape index (κ3) is 5.20. The second kappa shape index (κ2) is 9.43. The van der Waals surface area contributed by atoms with Gasteiger partial charge in [-0.3, -0.25) is 0 Å². The molecule has 2 nitrogen and oxygen atoms in total. The Labute approximate surface area is 185 Å². The fraction of sp³-hybridized carbons (Fsp3) is 0.750. The molecule has 0 amide bonds. The molecule has 2 fully saturated rings. The summed E-state index contributed by atoms with van der Waals surface area (Å²) in [7, 11) is 0.902. The highest BCUT2D eigenvalue weighted by Crippen LogP contribution is 2.52. The minimum atomic E-state index is -5.28. The molecule has 2 aliphatic carbocycles. The molecule has 0 bridgehead atoms. The highest BCUT2D eigenvalue weighted by atomic mass is 19.4. The summed E-state index contributed by atoms with van der Waals surface area (Å²) in [6.07, 6.45) is -2.59. The van der Waals surface area contributed by atoms with Crippen LogP contribution in [0.5, 0.6) is 5.75 Å². The van der Waals surface area contributed by atoms with Crippen LogP contribution in [0, 0.1) is 17.8 Å². The number of methoxy groups -OCH3 is 1. The van der Waals surface area contributed by atoms with Gasteiger partial charge in [-0.25, -0.2) is 0 Å². The van der Waals surface area contributed by atoms with Gasteiger partial charge in [0.2, 0.25) is 0 Å². The van der Waals surface area contributed by atoms with E-state index in [0.717, 1.165) is 57.3 Å². The Morgan fingerprint density at radius 1 is 0.875 bits per heavy atom. The molecule has 182 valence electrons. The molecule has 8 heteroatoms. The smallest absolute Gasteiger partial charge is 0.420 e. The van der Waals surface area contributed by atoms with Gasteiger partial charge in [-0.2, -0.15) is 26.3 Å². The molecular formula is C24H32F6O2. The van der Waals surface area contributed by atoms with Crippen LogP contribution in [0.3, 0.4) is 0 Å². The average Bonchev–Trinajstić information content (AvgIpc) is 2.73. The Hall–Kier alpha value is -1.44. The quantitative estimate of drug-likeness (QED) is 0.450. The number of hydrogen-bond acceptors (Lipinski definition) is 2. The van der Waals surface area contributed by atoms with Crippen LogP contribution in [0.2, 0.25) is 0 Å². The van der Waals surface area contributed by atoms with Gasteiger partial charge in [0.25, 0.3) is 0 Å². The van der Waals surface area contributed by atoms with E-state index in [1.54, 1.807) is 0 Å². The van der Waals surface area contributed by atoms with Crippen molar-refractivity contribution in [2.75, 3.05) is 7.11 Å². The molecule has 2 saturated carbocycles. The van der Waals surface area contributed by atoms with Gasteiger partial charge < -0.3 is 9.84 Å². The molecule has 0 saturated heterocycles.